The van der Waals surface area contributed by atoms with E-state index in [0.717, 1.165) is 11.3 Å². The molecule has 0 aliphatic rings. The first-order valence-electron chi connectivity index (χ1n) is 5.66. The van der Waals surface area contributed by atoms with Crippen LogP contribution in [0.5, 0.6) is 5.75 Å². The molecule has 0 radical (unpaired) electrons. The average Bonchev–Trinajstić information content (AvgIpc) is 2.45. The van der Waals surface area contributed by atoms with Crippen molar-refractivity contribution in [2.45, 2.75) is 10.8 Å². The highest BCUT2D eigenvalue weighted by Crippen LogP contribution is 2.34. The summed E-state index contributed by atoms with van der Waals surface area (Å²) in [5, 5.41) is 11.4. The van der Waals surface area contributed by atoms with Gasteiger partial charge in [-0.1, -0.05) is 35.5 Å². The molecule has 5 nitrogen and oxygen atoms in total. The predicted molar refractivity (Wildman–Crippen MR) is 78.5 cm³/mol. The number of ether oxygens (including phenoxy) is 1. The van der Waals surface area contributed by atoms with E-state index in [0.29, 0.717) is 10.8 Å². The van der Waals surface area contributed by atoms with Gasteiger partial charge in [0.05, 0.1) is 12.0 Å². The van der Waals surface area contributed by atoms with E-state index in [1.54, 1.807) is 7.11 Å². The molecule has 0 spiro atoms. The van der Waals surface area contributed by atoms with Gasteiger partial charge in [-0.2, -0.15) is 0 Å². The Labute approximate surface area is 125 Å². The fourth-order valence-corrected chi connectivity index (χ4v) is 2.78. The van der Waals surface area contributed by atoms with Gasteiger partial charge in [-0.3, -0.25) is 10.1 Å². The van der Waals surface area contributed by atoms with Crippen LogP contribution in [0.15, 0.2) is 41.6 Å². The third-order valence-electron chi connectivity index (χ3n) is 2.56. The molecule has 2 rings (SSSR count). The Hall–Kier alpha value is -1.79. The Morgan fingerprint density at radius 3 is 2.65 bits per heavy atom. The van der Waals surface area contributed by atoms with E-state index in [9.17, 15) is 10.1 Å². The summed E-state index contributed by atoms with van der Waals surface area (Å²) < 4.78 is 5.07. The fourth-order valence-electron chi connectivity index (χ4n) is 1.56. The molecule has 1 aromatic heterocycles. The molecular formula is C13H11ClN2O3S. The molecule has 0 aliphatic carbocycles. The normalized spacial score (nSPS) is 10.3. The van der Waals surface area contributed by atoms with Crippen LogP contribution in [0, 0.1) is 10.1 Å². The molecule has 0 bridgehead atoms. The standard InChI is InChI=1S/C13H11ClN2O3S/c1-19-10-4-2-9(3-5-10)8-20-13-12(16(17)18)11(14)6-7-15-13/h2-7H,8H2,1H3. The molecule has 2 aromatic rings. The van der Waals surface area contributed by atoms with Crippen LogP contribution in [0.25, 0.3) is 0 Å². The summed E-state index contributed by atoms with van der Waals surface area (Å²) in [6.07, 6.45) is 1.46. The average molecular weight is 311 g/mol. The Bertz CT molecular complexity index is 620. The maximum absolute atomic E-state index is 11.0. The zero-order valence-electron chi connectivity index (χ0n) is 10.6. The lowest BCUT2D eigenvalue weighted by molar-refractivity contribution is -0.388. The molecule has 1 heterocycles. The van der Waals surface area contributed by atoms with E-state index < -0.39 is 4.92 Å². The molecule has 104 valence electrons. The Morgan fingerprint density at radius 1 is 1.35 bits per heavy atom. The number of thioether (sulfide) groups is 1. The molecule has 0 fully saturated rings. The number of nitro groups is 1. The summed E-state index contributed by atoms with van der Waals surface area (Å²) in [7, 11) is 1.60. The first kappa shape index (κ1) is 14.6. The van der Waals surface area contributed by atoms with Crippen LogP contribution in [0.4, 0.5) is 5.69 Å². The van der Waals surface area contributed by atoms with Gasteiger partial charge >= 0.3 is 5.69 Å². The number of methoxy groups -OCH3 is 1. The van der Waals surface area contributed by atoms with Crippen molar-refractivity contribution in [3.8, 4) is 5.75 Å². The van der Waals surface area contributed by atoms with Crippen LogP contribution in [-0.2, 0) is 5.75 Å². The molecule has 0 unspecified atom stereocenters. The van der Waals surface area contributed by atoms with Crippen molar-refractivity contribution in [1.29, 1.82) is 0 Å². The molecule has 20 heavy (non-hydrogen) atoms. The van der Waals surface area contributed by atoms with Crippen LogP contribution in [0.3, 0.4) is 0 Å². The molecule has 7 heteroatoms. The van der Waals surface area contributed by atoms with Gasteiger partial charge in [0, 0.05) is 11.9 Å². The molecule has 0 N–H and O–H groups in total. The minimum absolute atomic E-state index is 0.0993. The van der Waals surface area contributed by atoms with Crippen LogP contribution >= 0.6 is 23.4 Å². The second-order valence-electron chi connectivity index (χ2n) is 3.84. The number of nitrogens with zero attached hydrogens (tertiary/aromatic N) is 2. The zero-order chi connectivity index (χ0) is 14.5. The zero-order valence-corrected chi connectivity index (χ0v) is 12.1. The third-order valence-corrected chi connectivity index (χ3v) is 3.91. The van der Waals surface area contributed by atoms with Crippen LogP contribution < -0.4 is 4.74 Å². The smallest absolute Gasteiger partial charge is 0.319 e. The van der Waals surface area contributed by atoms with Crippen molar-refractivity contribution in [1.82, 2.24) is 4.98 Å². The van der Waals surface area contributed by atoms with Crippen molar-refractivity contribution in [3.63, 3.8) is 0 Å². The van der Waals surface area contributed by atoms with Crippen molar-refractivity contribution in [2.24, 2.45) is 0 Å². The van der Waals surface area contributed by atoms with E-state index >= 15 is 0 Å². The molecule has 1 aromatic carbocycles. The maximum Gasteiger partial charge on any atom is 0.319 e. The summed E-state index contributed by atoms with van der Waals surface area (Å²) in [5.74, 6) is 1.34. The SMILES string of the molecule is COc1ccc(CSc2nccc(Cl)c2[N+](=O)[O-])cc1. The summed E-state index contributed by atoms with van der Waals surface area (Å²) in [4.78, 5) is 14.5. The summed E-state index contributed by atoms with van der Waals surface area (Å²) in [5.41, 5.74) is 0.875. The van der Waals surface area contributed by atoms with E-state index in [-0.39, 0.29) is 10.7 Å². The largest absolute Gasteiger partial charge is 0.497 e. The molecule has 0 atom stereocenters. The molecule has 0 saturated heterocycles. The predicted octanol–water partition coefficient (Wildman–Crippen LogP) is 3.94. The minimum atomic E-state index is -0.508. The summed E-state index contributed by atoms with van der Waals surface area (Å²) >= 11 is 7.11. The molecule has 0 aliphatic heterocycles. The van der Waals surface area contributed by atoms with Gasteiger partial charge < -0.3 is 4.74 Å². The topological polar surface area (TPSA) is 65.3 Å². The van der Waals surface area contributed by atoms with Gasteiger partial charge in [-0.05, 0) is 23.8 Å². The van der Waals surface area contributed by atoms with Gasteiger partial charge in [0.1, 0.15) is 10.8 Å². The number of hydrogen-bond acceptors (Lipinski definition) is 5. The Kier molecular flexibility index (Phi) is 4.81. The van der Waals surface area contributed by atoms with Crippen molar-refractivity contribution in [2.75, 3.05) is 7.11 Å². The minimum Gasteiger partial charge on any atom is -0.497 e. The molecule has 0 amide bonds. The van der Waals surface area contributed by atoms with Crippen molar-refractivity contribution in [3.05, 3.63) is 57.2 Å². The lowest BCUT2D eigenvalue weighted by Gasteiger charge is -2.04. The first-order chi connectivity index (χ1) is 9.61. The Morgan fingerprint density at radius 2 is 2.05 bits per heavy atom. The summed E-state index contributed by atoms with van der Waals surface area (Å²) in [6, 6.07) is 8.91. The molecular weight excluding hydrogens is 300 g/mol. The lowest BCUT2D eigenvalue weighted by Crippen LogP contribution is -1.95. The van der Waals surface area contributed by atoms with Crippen molar-refractivity contribution < 1.29 is 9.66 Å². The number of rotatable bonds is 5. The molecule has 0 saturated carbocycles. The van der Waals surface area contributed by atoms with Gasteiger partial charge in [0.25, 0.3) is 0 Å². The third kappa shape index (κ3) is 3.40. The number of pyridine rings is 1. The highest BCUT2D eigenvalue weighted by molar-refractivity contribution is 7.98. The Balaban J connectivity index is 2.14. The fraction of sp³-hybridized carbons (Fsp3) is 0.154. The quantitative estimate of drug-likeness (QED) is 0.475. The number of halogens is 1. The highest BCUT2D eigenvalue weighted by Gasteiger charge is 2.20. The van der Waals surface area contributed by atoms with Gasteiger partial charge in [0.15, 0.2) is 5.03 Å². The van der Waals surface area contributed by atoms with Crippen molar-refractivity contribution >= 4 is 29.1 Å². The van der Waals surface area contributed by atoms with Crippen LogP contribution in [0.2, 0.25) is 5.02 Å². The van der Waals surface area contributed by atoms with E-state index in [1.165, 1.54) is 24.0 Å². The van der Waals surface area contributed by atoms with E-state index in [1.807, 2.05) is 24.3 Å². The first-order valence-corrected chi connectivity index (χ1v) is 7.03. The second kappa shape index (κ2) is 6.58. The highest BCUT2D eigenvalue weighted by atomic mass is 35.5. The van der Waals surface area contributed by atoms with Crippen LogP contribution in [0.1, 0.15) is 5.56 Å². The summed E-state index contributed by atoms with van der Waals surface area (Å²) in [6.45, 7) is 0. The maximum atomic E-state index is 11.0. The number of hydrogen-bond donors (Lipinski definition) is 0. The van der Waals surface area contributed by atoms with E-state index in [2.05, 4.69) is 4.98 Å². The van der Waals surface area contributed by atoms with E-state index in [4.69, 9.17) is 16.3 Å². The number of aromatic nitrogens is 1. The number of benzene rings is 1. The second-order valence-corrected chi connectivity index (χ2v) is 5.21. The monoisotopic (exact) mass is 310 g/mol. The van der Waals surface area contributed by atoms with Gasteiger partial charge in [-0.15, -0.1) is 0 Å². The lowest BCUT2D eigenvalue weighted by atomic mass is 10.2. The van der Waals surface area contributed by atoms with Gasteiger partial charge in [0.2, 0.25) is 0 Å². The van der Waals surface area contributed by atoms with Crippen LogP contribution in [-0.4, -0.2) is 17.0 Å². The van der Waals surface area contributed by atoms with Gasteiger partial charge in [-0.25, -0.2) is 4.98 Å².